The number of ether oxygens (including phenoxy) is 1. The molecule has 2 rings (SSSR count). The monoisotopic (exact) mass is 390 g/mol. The van der Waals surface area contributed by atoms with Crippen LogP contribution in [0.2, 0.25) is 0 Å². The number of rotatable bonds is 7. The van der Waals surface area contributed by atoms with E-state index in [2.05, 4.69) is 0 Å². The molecule has 0 unspecified atom stereocenters. The van der Waals surface area contributed by atoms with Gasteiger partial charge in [-0.3, -0.25) is 4.79 Å². The maximum absolute atomic E-state index is 12.7. The van der Waals surface area contributed by atoms with Crippen molar-refractivity contribution in [2.24, 2.45) is 0 Å². The summed E-state index contributed by atoms with van der Waals surface area (Å²) in [5, 5.41) is 0. The normalized spacial score (nSPS) is 11.5. The first-order valence-corrected chi connectivity index (χ1v) is 10.0. The van der Waals surface area contributed by atoms with Gasteiger partial charge >= 0.3 is 0 Å². The van der Waals surface area contributed by atoms with Crippen LogP contribution in [0.4, 0.5) is 0 Å². The first-order chi connectivity index (χ1) is 12.7. The molecule has 0 saturated carbocycles. The number of sulfonamides is 1. The lowest BCUT2D eigenvalue weighted by molar-refractivity contribution is 0.0796. The highest BCUT2D eigenvalue weighted by Gasteiger charge is 2.22. The SMILES string of the molecule is COc1ccc(CCN(C)C(=O)c2ccc(C)c(S(=O)(=O)N(C)C)c2)cc1. The second-order valence-corrected chi connectivity index (χ2v) is 8.71. The number of carbonyl (C=O) groups is 1. The molecule has 0 saturated heterocycles. The van der Waals surface area contributed by atoms with Crippen LogP contribution < -0.4 is 4.74 Å². The van der Waals surface area contributed by atoms with Gasteiger partial charge in [0.15, 0.2) is 0 Å². The number of aryl methyl sites for hydroxylation is 1. The Bertz CT molecular complexity index is 906. The number of amides is 1. The van der Waals surface area contributed by atoms with Gasteiger partial charge in [-0.05, 0) is 48.7 Å². The van der Waals surface area contributed by atoms with Crippen LogP contribution in [0.1, 0.15) is 21.5 Å². The summed E-state index contributed by atoms with van der Waals surface area (Å²) >= 11 is 0. The molecule has 0 aliphatic carbocycles. The fourth-order valence-corrected chi connectivity index (χ4v) is 3.76. The van der Waals surface area contributed by atoms with Gasteiger partial charge in [0, 0.05) is 33.3 Å². The van der Waals surface area contributed by atoms with Gasteiger partial charge < -0.3 is 9.64 Å². The van der Waals surface area contributed by atoms with Gasteiger partial charge in [-0.2, -0.15) is 0 Å². The lowest BCUT2D eigenvalue weighted by Gasteiger charge is -2.19. The van der Waals surface area contributed by atoms with Gasteiger partial charge in [0.1, 0.15) is 5.75 Å². The number of carbonyl (C=O) groups excluding carboxylic acids is 1. The Morgan fingerprint density at radius 1 is 1.04 bits per heavy atom. The van der Waals surface area contributed by atoms with Crippen molar-refractivity contribution in [1.29, 1.82) is 0 Å². The van der Waals surface area contributed by atoms with Crippen molar-refractivity contribution < 1.29 is 17.9 Å². The second-order valence-electron chi connectivity index (χ2n) is 6.59. The molecule has 146 valence electrons. The highest BCUT2D eigenvalue weighted by atomic mass is 32.2. The Balaban J connectivity index is 2.14. The Morgan fingerprint density at radius 2 is 1.67 bits per heavy atom. The minimum atomic E-state index is -3.60. The molecule has 0 aliphatic heterocycles. The van der Waals surface area contributed by atoms with Gasteiger partial charge in [0.2, 0.25) is 10.0 Å². The van der Waals surface area contributed by atoms with Crippen molar-refractivity contribution in [2.75, 3.05) is 34.8 Å². The summed E-state index contributed by atoms with van der Waals surface area (Å²) < 4.78 is 31.2. The van der Waals surface area contributed by atoms with E-state index in [1.54, 1.807) is 38.1 Å². The van der Waals surface area contributed by atoms with Crippen molar-refractivity contribution >= 4 is 15.9 Å². The number of likely N-dealkylation sites (N-methyl/N-ethyl adjacent to an activating group) is 1. The third kappa shape index (κ3) is 4.87. The van der Waals surface area contributed by atoms with Crippen molar-refractivity contribution in [3.63, 3.8) is 0 Å². The average Bonchev–Trinajstić information content (AvgIpc) is 2.66. The van der Waals surface area contributed by atoms with Crippen LogP contribution in [-0.4, -0.2) is 58.3 Å². The quantitative estimate of drug-likeness (QED) is 0.729. The minimum absolute atomic E-state index is 0.155. The van der Waals surface area contributed by atoms with Crippen LogP contribution in [0, 0.1) is 6.92 Å². The highest BCUT2D eigenvalue weighted by Crippen LogP contribution is 2.21. The van der Waals surface area contributed by atoms with Gasteiger partial charge in [-0.15, -0.1) is 0 Å². The third-order valence-corrected chi connectivity index (χ3v) is 6.39. The van der Waals surface area contributed by atoms with Crippen LogP contribution in [-0.2, 0) is 16.4 Å². The number of hydrogen-bond acceptors (Lipinski definition) is 4. The molecule has 0 bridgehead atoms. The van der Waals surface area contributed by atoms with E-state index >= 15 is 0 Å². The summed E-state index contributed by atoms with van der Waals surface area (Å²) in [7, 11) is 2.69. The lowest BCUT2D eigenvalue weighted by Crippen LogP contribution is -2.29. The molecule has 0 heterocycles. The molecular formula is C20H26N2O4S. The zero-order chi connectivity index (χ0) is 20.2. The summed E-state index contributed by atoms with van der Waals surface area (Å²) in [5.41, 5.74) is 2.06. The average molecular weight is 391 g/mol. The number of methoxy groups -OCH3 is 1. The van der Waals surface area contributed by atoms with E-state index in [0.717, 1.165) is 15.6 Å². The maximum Gasteiger partial charge on any atom is 0.253 e. The van der Waals surface area contributed by atoms with Crippen LogP contribution in [0.25, 0.3) is 0 Å². The van der Waals surface area contributed by atoms with Crippen LogP contribution in [0.15, 0.2) is 47.4 Å². The maximum atomic E-state index is 12.7. The van der Waals surface area contributed by atoms with Crippen molar-refractivity contribution in [1.82, 2.24) is 9.21 Å². The van der Waals surface area contributed by atoms with E-state index in [1.165, 1.54) is 20.2 Å². The van der Waals surface area contributed by atoms with Gasteiger partial charge in [0.25, 0.3) is 5.91 Å². The Hall–Kier alpha value is -2.38. The molecule has 0 fully saturated rings. The topological polar surface area (TPSA) is 66.9 Å². The molecule has 0 atom stereocenters. The Kier molecular flexibility index (Phi) is 6.62. The van der Waals surface area contributed by atoms with E-state index < -0.39 is 10.0 Å². The molecule has 0 radical (unpaired) electrons. The predicted molar refractivity (Wildman–Crippen MR) is 106 cm³/mol. The Labute approximate surface area is 161 Å². The van der Waals surface area contributed by atoms with Gasteiger partial charge in [-0.1, -0.05) is 18.2 Å². The minimum Gasteiger partial charge on any atom is -0.497 e. The largest absolute Gasteiger partial charge is 0.497 e. The smallest absolute Gasteiger partial charge is 0.253 e. The van der Waals surface area contributed by atoms with Crippen LogP contribution in [0.5, 0.6) is 5.75 Å². The molecule has 6 nitrogen and oxygen atoms in total. The summed E-state index contributed by atoms with van der Waals surface area (Å²) in [5.74, 6) is 0.580. The molecule has 0 N–H and O–H groups in total. The molecule has 2 aromatic rings. The highest BCUT2D eigenvalue weighted by molar-refractivity contribution is 7.89. The summed E-state index contributed by atoms with van der Waals surface area (Å²) in [6.07, 6.45) is 0.695. The Morgan fingerprint density at radius 3 is 2.22 bits per heavy atom. The van der Waals surface area contributed by atoms with E-state index in [1.807, 2.05) is 24.3 Å². The van der Waals surface area contributed by atoms with Crippen molar-refractivity contribution in [3.05, 3.63) is 59.2 Å². The molecule has 0 aliphatic rings. The third-order valence-electron chi connectivity index (χ3n) is 4.44. The summed E-state index contributed by atoms with van der Waals surface area (Å²) in [6.45, 7) is 2.24. The first kappa shape index (κ1) is 20.9. The predicted octanol–water partition coefficient (Wildman–Crippen LogP) is 2.57. The standard InChI is InChI=1S/C20H26N2O4S/c1-15-6-9-17(14-19(15)27(24,25)21(2)3)20(23)22(4)13-12-16-7-10-18(26-5)11-8-16/h6-11,14H,12-13H2,1-5H3. The van der Waals surface area contributed by atoms with Crippen molar-refractivity contribution in [3.8, 4) is 5.75 Å². The molecule has 2 aromatic carbocycles. The zero-order valence-corrected chi connectivity index (χ0v) is 17.2. The molecule has 0 aromatic heterocycles. The van der Waals surface area contributed by atoms with Crippen molar-refractivity contribution in [2.45, 2.75) is 18.2 Å². The second kappa shape index (κ2) is 8.54. The molecule has 1 amide bonds. The number of benzene rings is 2. The van der Waals surface area contributed by atoms with E-state index in [-0.39, 0.29) is 10.8 Å². The lowest BCUT2D eigenvalue weighted by atomic mass is 10.1. The summed E-state index contributed by atoms with van der Waals surface area (Å²) in [6, 6.07) is 12.5. The fraction of sp³-hybridized carbons (Fsp3) is 0.350. The fourth-order valence-electron chi connectivity index (χ4n) is 2.62. The van der Waals surface area contributed by atoms with Gasteiger partial charge in [0.05, 0.1) is 12.0 Å². The van der Waals surface area contributed by atoms with Crippen LogP contribution in [0.3, 0.4) is 0 Å². The van der Waals surface area contributed by atoms with E-state index in [9.17, 15) is 13.2 Å². The van der Waals surface area contributed by atoms with Gasteiger partial charge in [-0.25, -0.2) is 12.7 Å². The van der Waals surface area contributed by atoms with Crippen LogP contribution >= 0.6 is 0 Å². The molecular weight excluding hydrogens is 364 g/mol. The zero-order valence-electron chi connectivity index (χ0n) is 16.4. The summed E-state index contributed by atoms with van der Waals surface area (Å²) in [4.78, 5) is 14.5. The molecule has 0 spiro atoms. The molecule has 7 heteroatoms. The number of hydrogen-bond donors (Lipinski definition) is 0. The van der Waals surface area contributed by atoms with E-state index in [0.29, 0.717) is 24.1 Å². The van der Waals surface area contributed by atoms with E-state index in [4.69, 9.17) is 4.74 Å². The molecule has 27 heavy (non-hydrogen) atoms. The first-order valence-electron chi connectivity index (χ1n) is 8.58. The number of nitrogens with zero attached hydrogens (tertiary/aromatic N) is 2.